The smallest absolute Gasteiger partial charge is 0.416 e. The minimum atomic E-state index is -4.46. The molecule has 0 atom stereocenters. The third-order valence-corrected chi connectivity index (χ3v) is 7.58. The zero-order chi connectivity index (χ0) is 31.0. The number of aromatic carboxylic acids is 1. The van der Waals surface area contributed by atoms with E-state index in [-0.39, 0.29) is 12.1 Å². The van der Waals surface area contributed by atoms with Gasteiger partial charge in [0.05, 0.1) is 40.0 Å². The molecular formula is C34H23ClF3N3O3. The molecular weight excluding hydrogens is 591 g/mol. The van der Waals surface area contributed by atoms with Crippen molar-refractivity contribution in [2.24, 2.45) is 0 Å². The van der Waals surface area contributed by atoms with Crippen LogP contribution in [0.4, 0.5) is 13.2 Å². The number of carboxylic acids is 1. The Bertz CT molecular complexity index is 2040. The van der Waals surface area contributed by atoms with E-state index in [0.29, 0.717) is 39.3 Å². The maximum absolute atomic E-state index is 13.7. The Labute approximate surface area is 254 Å². The lowest BCUT2D eigenvalue weighted by Gasteiger charge is -2.14. The number of alkyl halides is 3. The highest BCUT2D eigenvalue weighted by atomic mass is 35.5. The van der Waals surface area contributed by atoms with Gasteiger partial charge < -0.3 is 15.0 Å². The summed E-state index contributed by atoms with van der Waals surface area (Å²) in [7, 11) is 0. The SMILES string of the molecule is O=C(O)c1ccc(CNC(=O)c2cc(-c3ccc(C(F)(F)F)cc3)cc3ccn(Cc4ccc5ccc(Cl)cc5n4)c23)cc1. The predicted octanol–water partition coefficient (Wildman–Crippen LogP) is 8.21. The lowest BCUT2D eigenvalue weighted by Crippen LogP contribution is -2.23. The Hall–Kier alpha value is -5.15. The van der Waals surface area contributed by atoms with Gasteiger partial charge in [0.25, 0.3) is 5.91 Å². The Balaban J connectivity index is 1.38. The molecule has 1 amide bonds. The molecule has 6 aromatic rings. The molecule has 0 saturated heterocycles. The fraction of sp³-hybridized carbons (Fsp3) is 0.0882. The first-order chi connectivity index (χ1) is 21.0. The summed E-state index contributed by atoms with van der Waals surface area (Å²) in [6.07, 6.45) is -2.62. The highest BCUT2D eigenvalue weighted by molar-refractivity contribution is 6.31. The van der Waals surface area contributed by atoms with Crippen LogP contribution in [0, 0.1) is 0 Å². The number of hydrogen-bond donors (Lipinski definition) is 2. The molecule has 2 N–H and O–H groups in total. The largest absolute Gasteiger partial charge is 0.478 e. The van der Waals surface area contributed by atoms with Crippen molar-refractivity contribution in [3.63, 3.8) is 0 Å². The van der Waals surface area contributed by atoms with Crippen molar-refractivity contribution in [2.45, 2.75) is 19.3 Å². The molecule has 6 rings (SSSR count). The zero-order valence-electron chi connectivity index (χ0n) is 22.9. The number of aromatic nitrogens is 2. The summed E-state index contributed by atoms with van der Waals surface area (Å²) in [5, 5.41) is 14.3. The second-order valence-electron chi connectivity index (χ2n) is 10.3. The molecule has 0 aliphatic carbocycles. The summed E-state index contributed by atoms with van der Waals surface area (Å²) in [4.78, 5) is 29.6. The van der Waals surface area contributed by atoms with E-state index in [1.54, 1.807) is 30.3 Å². The number of fused-ring (bicyclic) bond motifs is 2. The third kappa shape index (κ3) is 6.00. The molecule has 4 aromatic carbocycles. The standard InChI is InChI=1S/C34H23ClF3N3O3/c35-27-11-7-22-8-12-28(40-30(22)17-27)19-41-14-13-24-15-25(21-5-9-26(10-6-21)34(36,37)38)16-29(31(24)41)32(42)39-18-20-1-3-23(4-2-20)33(43)44/h1-17H,18-19H2,(H,39,42)(H,43,44). The number of hydrogen-bond acceptors (Lipinski definition) is 3. The van der Waals surface area contributed by atoms with E-state index in [1.807, 2.05) is 41.1 Å². The minimum Gasteiger partial charge on any atom is -0.478 e. The molecule has 0 aliphatic rings. The van der Waals surface area contributed by atoms with Crippen LogP contribution in [-0.4, -0.2) is 26.5 Å². The molecule has 0 saturated carbocycles. The third-order valence-electron chi connectivity index (χ3n) is 7.35. The monoisotopic (exact) mass is 613 g/mol. The first-order valence-electron chi connectivity index (χ1n) is 13.5. The number of halogens is 4. The van der Waals surface area contributed by atoms with Crippen molar-refractivity contribution in [3.05, 3.63) is 136 Å². The van der Waals surface area contributed by atoms with Gasteiger partial charge in [0, 0.05) is 28.5 Å². The number of carboxylic acid groups (broad SMARTS) is 1. The van der Waals surface area contributed by atoms with Crippen molar-refractivity contribution in [1.29, 1.82) is 0 Å². The maximum Gasteiger partial charge on any atom is 0.416 e. The van der Waals surface area contributed by atoms with Crippen LogP contribution in [0.25, 0.3) is 32.9 Å². The van der Waals surface area contributed by atoms with Crippen molar-refractivity contribution >= 4 is 45.3 Å². The number of nitrogens with one attached hydrogen (secondary N) is 1. The molecule has 0 spiro atoms. The van der Waals surface area contributed by atoms with Gasteiger partial charge >= 0.3 is 12.1 Å². The van der Waals surface area contributed by atoms with Gasteiger partial charge in [-0.2, -0.15) is 13.2 Å². The van der Waals surface area contributed by atoms with Gasteiger partial charge in [-0.15, -0.1) is 0 Å². The minimum absolute atomic E-state index is 0.133. The van der Waals surface area contributed by atoms with Gasteiger partial charge in [-0.25, -0.2) is 4.79 Å². The van der Waals surface area contributed by atoms with E-state index in [9.17, 15) is 22.8 Å². The summed E-state index contributed by atoms with van der Waals surface area (Å²) >= 11 is 6.17. The van der Waals surface area contributed by atoms with Crippen molar-refractivity contribution in [1.82, 2.24) is 14.9 Å². The zero-order valence-corrected chi connectivity index (χ0v) is 23.7. The van der Waals surface area contributed by atoms with Crippen LogP contribution in [0.2, 0.25) is 5.02 Å². The van der Waals surface area contributed by atoms with Crippen LogP contribution in [0.15, 0.2) is 103 Å². The number of pyridine rings is 1. The summed E-state index contributed by atoms with van der Waals surface area (Å²) in [6.45, 7) is 0.487. The number of benzene rings is 4. The van der Waals surface area contributed by atoms with E-state index in [2.05, 4.69) is 5.32 Å². The van der Waals surface area contributed by atoms with Crippen molar-refractivity contribution in [3.8, 4) is 11.1 Å². The van der Waals surface area contributed by atoms with Gasteiger partial charge in [0.2, 0.25) is 0 Å². The van der Waals surface area contributed by atoms with E-state index >= 15 is 0 Å². The van der Waals surface area contributed by atoms with Gasteiger partial charge in [0.15, 0.2) is 0 Å². The Kier molecular flexibility index (Phi) is 7.57. The summed E-state index contributed by atoms with van der Waals surface area (Å²) in [6, 6.07) is 25.6. The van der Waals surface area contributed by atoms with Crippen LogP contribution in [0.5, 0.6) is 0 Å². The molecule has 0 bridgehead atoms. The number of amides is 1. The molecule has 6 nitrogen and oxygen atoms in total. The highest BCUT2D eigenvalue weighted by Gasteiger charge is 2.30. The van der Waals surface area contributed by atoms with E-state index in [1.165, 1.54) is 24.3 Å². The van der Waals surface area contributed by atoms with Crippen LogP contribution < -0.4 is 5.32 Å². The molecule has 2 aromatic heterocycles. The number of rotatable bonds is 7. The Morgan fingerprint density at radius 3 is 2.27 bits per heavy atom. The van der Waals surface area contributed by atoms with Crippen molar-refractivity contribution in [2.75, 3.05) is 0 Å². The average molecular weight is 614 g/mol. The van der Waals surface area contributed by atoms with E-state index in [4.69, 9.17) is 21.7 Å². The van der Waals surface area contributed by atoms with Crippen molar-refractivity contribution < 1.29 is 27.9 Å². The lowest BCUT2D eigenvalue weighted by molar-refractivity contribution is -0.137. The van der Waals surface area contributed by atoms with E-state index in [0.717, 1.165) is 34.1 Å². The van der Waals surface area contributed by atoms with Gasteiger partial charge in [0.1, 0.15) is 0 Å². The summed E-state index contributed by atoms with van der Waals surface area (Å²) in [5.74, 6) is -1.45. The molecule has 220 valence electrons. The molecule has 0 aliphatic heterocycles. The second-order valence-corrected chi connectivity index (χ2v) is 10.7. The summed E-state index contributed by atoms with van der Waals surface area (Å²) < 4.78 is 41.4. The van der Waals surface area contributed by atoms with Gasteiger partial charge in [-0.3, -0.25) is 9.78 Å². The van der Waals surface area contributed by atoms with Crippen LogP contribution in [-0.2, 0) is 19.3 Å². The predicted molar refractivity (Wildman–Crippen MR) is 163 cm³/mol. The Morgan fingerprint density at radius 1 is 0.841 bits per heavy atom. The summed E-state index contributed by atoms with van der Waals surface area (Å²) in [5.41, 5.74) is 3.63. The fourth-order valence-corrected chi connectivity index (χ4v) is 5.28. The molecule has 0 unspecified atom stereocenters. The lowest BCUT2D eigenvalue weighted by atomic mass is 9.98. The second kappa shape index (κ2) is 11.5. The molecule has 0 radical (unpaired) electrons. The van der Waals surface area contributed by atoms with Gasteiger partial charge in [-0.1, -0.05) is 48.0 Å². The topological polar surface area (TPSA) is 84.2 Å². The normalized spacial score (nSPS) is 11.6. The molecule has 0 fully saturated rings. The fourth-order valence-electron chi connectivity index (χ4n) is 5.11. The van der Waals surface area contributed by atoms with Gasteiger partial charge in [-0.05, 0) is 77.4 Å². The maximum atomic E-state index is 13.7. The van der Waals surface area contributed by atoms with Crippen LogP contribution >= 0.6 is 11.6 Å². The first-order valence-corrected chi connectivity index (χ1v) is 13.9. The number of carbonyl (C=O) groups excluding carboxylic acids is 1. The molecule has 44 heavy (non-hydrogen) atoms. The first kappa shape index (κ1) is 28.9. The van der Waals surface area contributed by atoms with E-state index < -0.39 is 23.6 Å². The molecule has 10 heteroatoms. The number of nitrogens with zero attached hydrogens (tertiary/aromatic N) is 2. The van der Waals surface area contributed by atoms with Crippen LogP contribution in [0.1, 0.15) is 37.5 Å². The quantitative estimate of drug-likeness (QED) is 0.190. The number of carbonyl (C=O) groups is 2. The van der Waals surface area contributed by atoms with Crippen LogP contribution in [0.3, 0.4) is 0 Å². The highest BCUT2D eigenvalue weighted by Crippen LogP contribution is 2.33. The molecule has 2 heterocycles. The average Bonchev–Trinajstić information content (AvgIpc) is 3.41. The Morgan fingerprint density at radius 2 is 1.57 bits per heavy atom.